The van der Waals surface area contributed by atoms with Crippen LogP contribution in [-0.2, 0) is 24.5 Å². The van der Waals surface area contributed by atoms with Gasteiger partial charge in [0.25, 0.3) is 0 Å². The summed E-state index contributed by atoms with van der Waals surface area (Å²) in [6.45, 7) is 3.57. The molecule has 0 spiro atoms. The Morgan fingerprint density at radius 2 is 1.66 bits per heavy atom. The van der Waals surface area contributed by atoms with Crippen molar-refractivity contribution in [3.8, 4) is 0 Å². The summed E-state index contributed by atoms with van der Waals surface area (Å²) < 4.78 is 51.7. The number of hydrogen-bond acceptors (Lipinski definition) is 9. The number of piperazine rings is 1. The highest BCUT2D eigenvalue weighted by molar-refractivity contribution is 7.96. The van der Waals surface area contributed by atoms with Crippen molar-refractivity contribution in [2.45, 2.75) is 23.1 Å². The minimum Gasteiger partial charge on any atom is -0.338 e. The van der Waals surface area contributed by atoms with Gasteiger partial charge < -0.3 is 10.2 Å². The lowest BCUT2D eigenvalue weighted by atomic mass is 10.2. The number of anilines is 2. The smallest absolute Gasteiger partial charge is 0.225 e. The number of aromatic nitrogens is 2. The van der Waals surface area contributed by atoms with Crippen LogP contribution in [0.4, 0.5) is 11.6 Å². The third-order valence-corrected chi connectivity index (χ3v) is 9.93. The minimum atomic E-state index is -3.89. The van der Waals surface area contributed by atoms with Crippen molar-refractivity contribution in [3.05, 3.63) is 42.7 Å². The molecule has 1 aromatic carbocycles. The lowest BCUT2D eigenvalue weighted by molar-refractivity contribution is -0.114. The number of hydrogen-bond donors (Lipinski definition) is 1. The van der Waals surface area contributed by atoms with Gasteiger partial charge in [0.05, 0.1) is 21.7 Å². The van der Waals surface area contributed by atoms with Gasteiger partial charge in [-0.3, -0.25) is 9.69 Å². The van der Waals surface area contributed by atoms with Crippen molar-refractivity contribution < 1.29 is 21.6 Å². The number of sulfone groups is 2. The Morgan fingerprint density at radius 3 is 2.25 bits per heavy atom. The monoisotopic (exact) mass is 479 g/mol. The Labute approximate surface area is 187 Å². The summed E-state index contributed by atoms with van der Waals surface area (Å²) in [5.41, 5.74) is 0.478. The zero-order valence-corrected chi connectivity index (χ0v) is 19.2. The molecular formula is C20H25N5O5S2. The van der Waals surface area contributed by atoms with E-state index in [9.17, 15) is 21.6 Å². The average molecular weight is 480 g/mol. The molecule has 4 rings (SSSR count). The van der Waals surface area contributed by atoms with Gasteiger partial charge in [-0.05, 0) is 30.3 Å². The molecule has 2 saturated heterocycles. The Bertz CT molecular complexity index is 1180. The van der Waals surface area contributed by atoms with E-state index in [4.69, 9.17) is 0 Å². The van der Waals surface area contributed by atoms with Crippen LogP contribution < -0.4 is 10.2 Å². The van der Waals surface area contributed by atoms with Crippen LogP contribution in [-0.4, -0.2) is 86.6 Å². The van der Waals surface area contributed by atoms with Gasteiger partial charge in [-0.15, -0.1) is 0 Å². The molecule has 3 heterocycles. The standard InChI is InChI=1S/C20H25N5O5S2/c1-15(26)23-16-3-5-17(6-4-16)32(29,30)19-14-31(27,28)13-18(19)24-9-11-25(12-10-24)20-21-7-2-8-22-20/h2-8,18-19H,9-14H2,1H3,(H,23,26)/t18-,19-/m1/s1. The molecule has 2 aliphatic heterocycles. The van der Waals surface area contributed by atoms with Crippen LogP contribution in [0.2, 0.25) is 0 Å². The number of benzene rings is 1. The van der Waals surface area contributed by atoms with E-state index < -0.39 is 36.7 Å². The van der Waals surface area contributed by atoms with Crippen molar-refractivity contribution in [2.24, 2.45) is 0 Å². The molecule has 1 amide bonds. The number of nitrogens with one attached hydrogen (secondary N) is 1. The molecule has 0 radical (unpaired) electrons. The van der Waals surface area contributed by atoms with Crippen molar-refractivity contribution in [2.75, 3.05) is 47.9 Å². The molecule has 2 fully saturated rings. The first-order valence-electron chi connectivity index (χ1n) is 10.2. The summed E-state index contributed by atoms with van der Waals surface area (Å²) in [6.07, 6.45) is 3.33. The molecule has 1 N–H and O–H groups in total. The molecule has 1 aromatic heterocycles. The van der Waals surface area contributed by atoms with Crippen LogP contribution >= 0.6 is 0 Å². The zero-order chi connectivity index (χ0) is 22.9. The average Bonchev–Trinajstić information content (AvgIpc) is 3.11. The second-order valence-electron chi connectivity index (χ2n) is 8.01. The predicted molar refractivity (Wildman–Crippen MR) is 120 cm³/mol. The SMILES string of the molecule is CC(=O)Nc1ccc(S(=O)(=O)[C@@H]2CS(=O)(=O)C[C@H]2N2CCN(c3ncccn3)CC2)cc1. The van der Waals surface area contributed by atoms with E-state index in [1.165, 1.54) is 31.2 Å². The number of amides is 1. The molecule has 2 atom stereocenters. The fraction of sp³-hybridized carbons (Fsp3) is 0.450. The first kappa shape index (κ1) is 22.6. The van der Waals surface area contributed by atoms with Gasteiger partial charge in [-0.2, -0.15) is 0 Å². The molecule has 2 aliphatic rings. The van der Waals surface area contributed by atoms with Crippen LogP contribution in [0.25, 0.3) is 0 Å². The summed E-state index contributed by atoms with van der Waals surface area (Å²) in [5.74, 6) is -0.227. The van der Waals surface area contributed by atoms with Crippen LogP contribution in [0.15, 0.2) is 47.6 Å². The summed E-state index contributed by atoms with van der Waals surface area (Å²) in [4.78, 5) is 23.7. The molecule has 10 nitrogen and oxygen atoms in total. The Kier molecular flexibility index (Phi) is 6.19. The van der Waals surface area contributed by atoms with Crippen molar-refractivity contribution in [1.29, 1.82) is 0 Å². The predicted octanol–water partition coefficient (Wildman–Crippen LogP) is 0.197. The fourth-order valence-electron chi connectivity index (χ4n) is 4.25. The van der Waals surface area contributed by atoms with E-state index in [2.05, 4.69) is 15.3 Å². The summed E-state index contributed by atoms with van der Waals surface area (Å²) in [5, 5.41) is 1.55. The lowest BCUT2D eigenvalue weighted by Crippen LogP contribution is -2.55. The summed E-state index contributed by atoms with van der Waals surface area (Å²) in [7, 11) is -7.38. The minimum absolute atomic E-state index is 0.0509. The van der Waals surface area contributed by atoms with Gasteiger partial charge in [0.2, 0.25) is 11.9 Å². The highest BCUT2D eigenvalue weighted by Crippen LogP contribution is 2.30. The maximum Gasteiger partial charge on any atom is 0.225 e. The van der Waals surface area contributed by atoms with E-state index in [1.54, 1.807) is 18.5 Å². The maximum atomic E-state index is 13.4. The van der Waals surface area contributed by atoms with Gasteiger partial charge in [0.1, 0.15) is 0 Å². The van der Waals surface area contributed by atoms with Crippen LogP contribution in [0.1, 0.15) is 6.92 Å². The van der Waals surface area contributed by atoms with Crippen LogP contribution in [0.3, 0.4) is 0 Å². The third kappa shape index (κ3) is 4.76. The Balaban J connectivity index is 1.53. The summed E-state index contributed by atoms with van der Waals surface area (Å²) in [6, 6.07) is 6.96. The van der Waals surface area contributed by atoms with Crippen LogP contribution in [0.5, 0.6) is 0 Å². The highest BCUT2D eigenvalue weighted by atomic mass is 32.2. The maximum absolute atomic E-state index is 13.4. The Morgan fingerprint density at radius 1 is 1.03 bits per heavy atom. The van der Waals surface area contributed by atoms with E-state index in [0.29, 0.717) is 37.8 Å². The van der Waals surface area contributed by atoms with Crippen LogP contribution in [0, 0.1) is 0 Å². The molecule has 0 bridgehead atoms. The first-order chi connectivity index (χ1) is 15.2. The second-order valence-corrected chi connectivity index (χ2v) is 12.3. The largest absolute Gasteiger partial charge is 0.338 e. The van der Waals surface area contributed by atoms with Crippen molar-refractivity contribution in [1.82, 2.24) is 14.9 Å². The number of carbonyl (C=O) groups excluding carboxylic acids is 1. The molecule has 0 saturated carbocycles. The van der Waals surface area contributed by atoms with E-state index in [-0.39, 0.29) is 16.6 Å². The Hall–Kier alpha value is -2.57. The molecular weight excluding hydrogens is 454 g/mol. The molecule has 0 unspecified atom stereocenters. The van der Waals surface area contributed by atoms with Gasteiger partial charge in [-0.1, -0.05) is 0 Å². The molecule has 32 heavy (non-hydrogen) atoms. The summed E-state index contributed by atoms with van der Waals surface area (Å²) >= 11 is 0. The lowest BCUT2D eigenvalue weighted by Gasteiger charge is -2.39. The molecule has 2 aromatic rings. The zero-order valence-electron chi connectivity index (χ0n) is 17.6. The number of rotatable bonds is 5. The molecule has 0 aliphatic carbocycles. The fourth-order valence-corrected chi connectivity index (χ4v) is 9.08. The van der Waals surface area contributed by atoms with E-state index in [1.807, 2.05) is 9.80 Å². The van der Waals surface area contributed by atoms with Gasteiger partial charge >= 0.3 is 0 Å². The van der Waals surface area contributed by atoms with Gasteiger partial charge in [-0.25, -0.2) is 26.8 Å². The quantitative estimate of drug-likeness (QED) is 0.639. The second kappa shape index (κ2) is 8.75. The number of carbonyl (C=O) groups is 1. The number of nitrogens with zero attached hydrogens (tertiary/aromatic N) is 4. The molecule has 12 heteroatoms. The van der Waals surface area contributed by atoms with Crippen molar-refractivity contribution >= 4 is 37.2 Å². The van der Waals surface area contributed by atoms with E-state index >= 15 is 0 Å². The van der Waals surface area contributed by atoms with Crippen molar-refractivity contribution in [3.63, 3.8) is 0 Å². The highest BCUT2D eigenvalue weighted by Gasteiger charge is 2.48. The first-order valence-corrected chi connectivity index (χ1v) is 13.6. The molecule has 172 valence electrons. The third-order valence-electron chi connectivity index (χ3n) is 5.79. The van der Waals surface area contributed by atoms with Gasteiger partial charge in [0, 0.05) is 57.2 Å². The van der Waals surface area contributed by atoms with E-state index in [0.717, 1.165) is 0 Å². The topological polar surface area (TPSA) is 130 Å². The normalized spacial score (nSPS) is 23.7. The van der Waals surface area contributed by atoms with Gasteiger partial charge in [0.15, 0.2) is 19.7 Å².